The van der Waals surface area contributed by atoms with Crippen LogP contribution in [0.1, 0.15) is 30.9 Å². The van der Waals surface area contributed by atoms with E-state index in [9.17, 15) is 27.1 Å². The summed E-state index contributed by atoms with van der Waals surface area (Å²) in [6, 6.07) is 7.65. The van der Waals surface area contributed by atoms with Crippen LogP contribution in [0.3, 0.4) is 0 Å². The first-order chi connectivity index (χ1) is 16.6. The van der Waals surface area contributed by atoms with E-state index in [1.165, 1.54) is 35.5 Å². The molecule has 1 fully saturated rings. The molecule has 0 radical (unpaired) electrons. The van der Waals surface area contributed by atoms with Gasteiger partial charge in [0.2, 0.25) is 0 Å². The summed E-state index contributed by atoms with van der Waals surface area (Å²) in [5, 5.41) is 18.9. The molecule has 2 N–H and O–H groups in total. The molecule has 2 atom stereocenters. The molecule has 1 aromatic heterocycles. The van der Waals surface area contributed by atoms with Gasteiger partial charge in [0.15, 0.2) is 0 Å². The van der Waals surface area contributed by atoms with Crippen molar-refractivity contribution in [2.24, 2.45) is 0 Å². The Morgan fingerprint density at radius 2 is 1.80 bits per heavy atom. The molecule has 6 nitrogen and oxygen atoms in total. The van der Waals surface area contributed by atoms with Gasteiger partial charge in [-0.05, 0) is 38.0 Å². The maximum atomic E-state index is 14.7. The lowest BCUT2D eigenvalue weighted by molar-refractivity contribution is -0.137. The average Bonchev–Trinajstić information content (AvgIpc) is 3.31. The number of para-hydroxylation sites is 1. The Morgan fingerprint density at radius 1 is 1.09 bits per heavy atom. The highest BCUT2D eigenvalue weighted by atomic mass is 19.4. The van der Waals surface area contributed by atoms with Crippen LogP contribution in [0, 0.1) is 11.6 Å². The van der Waals surface area contributed by atoms with Gasteiger partial charge in [0, 0.05) is 42.5 Å². The van der Waals surface area contributed by atoms with Gasteiger partial charge in [0.05, 0.1) is 12.1 Å². The normalized spacial score (nSPS) is 17.9. The molecule has 2 heterocycles. The number of halogens is 5. The van der Waals surface area contributed by atoms with Gasteiger partial charge < -0.3 is 15.3 Å². The molecule has 11 heteroatoms. The zero-order chi connectivity index (χ0) is 25.2. The molecule has 1 aliphatic heterocycles. The van der Waals surface area contributed by atoms with E-state index in [1.54, 1.807) is 17.9 Å². The highest BCUT2D eigenvalue weighted by Gasteiger charge is 2.41. The second kappa shape index (κ2) is 9.90. The summed E-state index contributed by atoms with van der Waals surface area (Å²) in [7, 11) is 0. The molecule has 1 aliphatic rings. The standard InChI is InChI=1S/C24H26F5N5O/c1-16(23(35,13-34-15-30-14-31-34)19-7-6-17(25)12-21(19)26)32-18-8-10-33(11-9-18)22-5-3-2-4-20(22)24(27,28)29/h2-7,12,14-16,18,32,35H,8-11,13H2,1H3/t16-,23-/m1/s1. The van der Waals surface area contributed by atoms with Crippen molar-refractivity contribution in [2.45, 2.75) is 50.2 Å². The summed E-state index contributed by atoms with van der Waals surface area (Å²) in [6.07, 6.45) is -0.745. The third kappa shape index (κ3) is 5.46. The van der Waals surface area contributed by atoms with Crippen molar-refractivity contribution >= 4 is 5.69 Å². The number of aromatic nitrogens is 3. The van der Waals surface area contributed by atoms with Crippen molar-refractivity contribution in [3.05, 3.63) is 77.9 Å². The van der Waals surface area contributed by atoms with Crippen LogP contribution in [0.5, 0.6) is 0 Å². The Hall–Kier alpha value is -3.05. The number of rotatable bonds is 7. The molecule has 0 unspecified atom stereocenters. The predicted molar refractivity (Wildman–Crippen MR) is 120 cm³/mol. The first-order valence-corrected chi connectivity index (χ1v) is 11.3. The van der Waals surface area contributed by atoms with Crippen molar-refractivity contribution in [3.63, 3.8) is 0 Å². The molecule has 35 heavy (non-hydrogen) atoms. The number of piperidine rings is 1. The quantitative estimate of drug-likeness (QED) is 0.483. The van der Waals surface area contributed by atoms with Gasteiger partial charge in [0.1, 0.15) is 29.9 Å². The van der Waals surface area contributed by atoms with Gasteiger partial charge in [-0.2, -0.15) is 18.3 Å². The predicted octanol–water partition coefficient (Wildman–Crippen LogP) is 4.11. The summed E-state index contributed by atoms with van der Waals surface area (Å²) in [5.41, 5.74) is -2.42. The van der Waals surface area contributed by atoms with E-state index in [2.05, 4.69) is 15.4 Å². The lowest BCUT2D eigenvalue weighted by atomic mass is 9.85. The lowest BCUT2D eigenvalue weighted by Crippen LogP contribution is -2.55. The van der Waals surface area contributed by atoms with Crippen molar-refractivity contribution in [1.29, 1.82) is 0 Å². The second-order valence-electron chi connectivity index (χ2n) is 8.81. The number of nitrogens with zero attached hydrogens (tertiary/aromatic N) is 4. The topological polar surface area (TPSA) is 66.2 Å². The maximum absolute atomic E-state index is 14.7. The van der Waals surface area contributed by atoms with Crippen LogP contribution >= 0.6 is 0 Å². The van der Waals surface area contributed by atoms with Crippen LogP contribution in [0.4, 0.5) is 27.6 Å². The van der Waals surface area contributed by atoms with E-state index in [1.807, 2.05) is 0 Å². The van der Waals surface area contributed by atoms with Gasteiger partial charge >= 0.3 is 6.18 Å². The Balaban J connectivity index is 1.49. The van der Waals surface area contributed by atoms with Gasteiger partial charge in [-0.25, -0.2) is 18.4 Å². The molecule has 3 aromatic rings. The number of hydrogen-bond donors (Lipinski definition) is 2. The Kier molecular flexibility index (Phi) is 7.09. The molecule has 0 bridgehead atoms. The molecule has 0 amide bonds. The van der Waals surface area contributed by atoms with Gasteiger partial charge in [-0.1, -0.05) is 18.2 Å². The van der Waals surface area contributed by atoms with E-state index in [4.69, 9.17) is 0 Å². The van der Waals surface area contributed by atoms with Crippen molar-refractivity contribution in [2.75, 3.05) is 18.0 Å². The van der Waals surface area contributed by atoms with E-state index in [0.717, 1.165) is 12.1 Å². The number of benzene rings is 2. The monoisotopic (exact) mass is 495 g/mol. The van der Waals surface area contributed by atoms with Crippen LogP contribution in [-0.2, 0) is 18.3 Å². The summed E-state index contributed by atoms with van der Waals surface area (Å²) < 4.78 is 69.9. The average molecular weight is 495 g/mol. The molecular formula is C24H26F5N5O. The highest BCUT2D eigenvalue weighted by molar-refractivity contribution is 5.55. The zero-order valence-corrected chi connectivity index (χ0v) is 19.0. The third-order valence-electron chi connectivity index (χ3n) is 6.51. The third-order valence-corrected chi connectivity index (χ3v) is 6.51. The molecule has 1 saturated heterocycles. The van der Waals surface area contributed by atoms with Crippen LogP contribution < -0.4 is 10.2 Å². The molecule has 2 aromatic carbocycles. The minimum absolute atomic E-state index is 0.0917. The van der Waals surface area contributed by atoms with Gasteiger partial charge in [-0.3, -0.25) is 0 Å². The number of anilines is 1. The Labute approximate surface area is 199 Å². The Morgan fingerprint density at radius 3 is 2.43 bits per heavy atom. The Bertz CT molecular complexity index is 1130. The van der Waals surface area contributed by atoms with E-state index >= 15 is 0 Å². The minimum atomic E-state index is -4.45. The highest BCUT2D eigenvalue weighted by Crippen LogP contribution is 2.37. The first kappa shape index (κ1) is 25.1. The smallest absolute Gasteiger partial charge is 0.381 e. The van der Waals surface area contributed by atoms with Crippen LogP contribution in [0.2, 0.25) is 0 Å². The van der Waals surface area contributed by atoms with Gasteiger partial charge in [0.25, 0.3) is 0 Å². The summed E-state index contributed by atoms with van der Waals surface area (Å²) in [4.78, 5) is 5.56. The fourth-order valence-corrected chi connectivity index (χ4v) is 4.62. The molecule has 0 spiro atoms. The SMILES string of the molecule is C[C@@H](NC1CCN(c2ccccc2C(F)(F)F)CC1)[C@](O)(Cn1cncn1)c1ccc(F)cc1F. The molecular weight excluding hydrogens is 469 g/mol. The number of aliphatic hydroxyl groups is 1. The zero-order valence-electron chi connectivity index (χ0n) is 19.0. The van der Waals surface area contributed by atoms with Crippen molar-refractivity contribution < 1.29 is 27.1 Å². The van der Waals surface area contributed by atoms with Crippen LogP contribution in [-0.4, -0.2) is 45.0 Å². The minimum Gasteiger partial charge on any atom is -0.381 e. The van der Waals surface area contributed by atoms with Gasteiger partial charge in [-0.15, -0.1) is 0 Å². The van der Waals surface area contributed by atoms with E-state index < -0.39 is 35.0 Å². The number of hydrogen-bond acceptors (Lipinski definition) is 5. The molecule has 4 rings (SSSR count). The largest absolute Gasteiger partial charge is 0.418 e. The molecule has 0 saturated carbocycles. The summed E-state index contributed by atoms with van der Waals surface area (Å²) in [5.74, 6) is -1.65. The maximum Gasteiger partial charge on any atom is 0.418 e. The van der Waals surface area contributed by atoms with Crippen molar-refractivity contribution in [3.8, 4) is 0 Å². The molecule has 0 aliphatic carbocycles. The van der Waals surface area contributed by atoms with E-state index in [0.29, 0.717) is 32.0 Å². The first-order valence-electron chi connectivity index (χ1n) is 11.3. The fraction of sp³-hybridized carbons (Fsp3) is 0.417. The summed E-state index contributed by atoms with van der Waals surface area (Å²) >= 11 is 0. The summed E-state index contributed by atoms with van der Waals surface area (Å²) in [6.45, 7) is 2.31. The van der Waals surface area contributed by atoms with Crippen LogP contribution in [0.25, 0.3) is 0 Å². The van der Waals surface area contributed by atoms with Crippen LogP contribution in [0.15, 0.2) is 55.1 Å². The van der Waals surface area contributed by atoms with E-state index in [-0.39, 0.29) is 23.8 Å². The number of alkyl halides is 3. The lowest BCUT2D eigenvalue weighted by Gasteiger charge is -2.40. The molecule has 188 valence electrons. The van der Waals surface area contributed by atoms with Crippen molar-refractivity contribution in [1.82, 2.24) is 20.1 Å². The second-order valence-corrected chi connectivity index (χ2v) is 8.81. The number of nitrogens with one attached hydrogen (secondary N) is 1. The fourth-order valence-electron chi connectivity index (χ4n) is 4.62.